The van der Waals surface area contributed by atoms with Gasteiger partial charge in [-0.25, -0.2) is 9.48 Å². The second-order valence-corrected chi connectivity index (χ2v) is 6.75. The molecule has 2 aromatic carbocycles. The van der Waals surface area contributed by atoms with Gasteiger partial charge < -0.3 is 25.6 Å². The van der Waals surface area contributed by atoms with Crippen molar-refractivity contribution in [3.63, 3.8) is 0 Å². The van der Waals surface area contributed by atoms with Gasteiger partial charge in [-0.2, -0.15) is 0 Å². The number of carboxylic acids is 1. The molecule has 0 atom stereocenters. The second kappa shape index (κ2) is 10.6. The number of amides is 2. The Kier molecular flexibility index (Phi) is 7.37. The molecule has 4 N–H and O–H groups in total. The minimum absolute atomic E-state index is 0.00270. The standard InChI is InChI=1S/C22H21N5O6/c1-32-19-10-14(7-9-21(29)24-17-5-3-2-4-16(17)22(30)31)6-8-18(19)33-13-15-11-27(26-25-15)12-20(23)28/h2-11H,12-13H2,1H3,(H2,23,28)(H,24,29)(H,30,31)/b9-7+. The molecule has 170 valence electrons. The highest BCUT2D eigenvalue weighted by molar-refractivity contribution is 6.06. The van der Waals surface area contributed by atoms with Crippen molar-refractivity contribution in [3.8, 4) is 11.5 Å². The number of nitrogens with one attached hydrogen (secondary N) is 1. The van der Waals surface area contributed by atoms with Crippen molar-refractivity contribution in [3.05, 3.63) is 71.6 Å². The highest BCUT2D eigenvalue weighted by Crippen LogP contribution is 2.29. The third-order valence-electron chi connectivity index (χ3n) is 4.31. The number of rotatable bonds is 10. The number of para-hydroxylation sites is 1. The van der Waals surface area contributed by atoms with E-state index in [-0.39, 0.29) is 24.4 Å². The van der Waals surface area contributed by atoms with Crippen LogP contribution in [0.15, 0.2) is 54.7 Å². The van der Waals surface area contributed by atoms with E-state index in [2.05, 4.69) is 15.6 Å². The van der Waals surface area contributed by atoms with E-state index >= 15 is 0 Å². The van der Waals surface area contributed by atoms with Gasteiger partial charge in [0.15, 0.2) is 11.5 Å². The van der Waals surface area contributed by atoms with Crippen molar-refractivity contribution in [2.45, 2.75) is 13.2 Å². The molecule has 3 aromatic rings. The number of anilines is 1. The fourth-order valence-corrected chi connectivity index (χ4v) is 2.83. The first kappa shape index (κ1) is 23.0. The number of nitrogens with zero attached hydrogens (tertiary/aromatic N) is 3. The molecule has 3 rings (SSSR count). The summed E-state index contributed by atoms with van der Waals surface area (Å²) in [5.41, 5.74) is 6.48. The Labute approximate surface area is 188 Å². The van der Waals surface area contributed by atoms with Crippen molar-refractivity contribution >= 4 is 29.5 Å². The van der Waals surface area contributed by atoms with E-state index in [1.807, 2.05) is 0 Å². The highest BCUT2D eigenvalue weighted by Gasteiger charge is 2.11. The van der Waals surface area contributed by atoms with Crippen molar-refractivity contribution in [2.24, 2.45) is 5.73 Å². The first-order valence-corrected chi connectivity index (χ1v) is 9.65. The van der Waals surface area contributed by atoms with Crippen LogP contribution in [0.2, 0.25) is 0 Å². The molecule has 1 aromatic heterocycles. The molecule has 0 unspecified atom stereocenters. The smallest absolute Gasteiger partial charge is 0.337 e. The SMILES string of the molecule is COc1cc(/C=C/C(=O)Nc2ccccc2C(=O)O)ccc1OCc1cn(CC(N)=O)nn1. The molecule has 0 spiro atoms. The second-order valence-electron chi connectivity index (χ2n) is 6.75. The zero-order chi connectivity index (χ0) is 23.8. The average molecular weight is 451 g/mol. The molecule has 1 heterocycles. The molecule has 0 bridgehead atoms. The van der Waals surface area contributed by atoms with Crippen LogP contribution in [0, 0.1) is 0 Å². The normalized spacial score (nSPS) is 10.7. The molecule has 0 aliphatic carbocycles. The fourth-order valence-electron chi connectivity index (χ4n) is 2.83. The number of aromatic carboxylic acids is 1. The van der Waals surface area contributed by atoms with Gasteiger partial charge in [0.2, 0.25) is 11.8 Å². The van der Waals surface area contributed by atoms with Crippen molar-refractivity contribution in [2.75, 3.05) is 12.4 Å². The Hall–Kier alpha value is -4.67. The Balaban J connectivity index is 1.63. The average Bonchev–Trinajstić information content (AvgIpc) is 3.23. The Morgan fingerprint density at radius 1 is 1.18 bits per heavy atom. The monoisotopic (exact) mass is 451 g/mol. The zero-order valence-electron chi connectivity index (χ0n) is 17.6. The number of benzene rings is 2. The predicted octanol–water partition coefficient (Wildman–Crippen LogP) is 1.70. The van der Waals surface area contributed by atoms with Gasteiger partial charge in [0.25, 0.3) is 0 Å². The van der Waals surface area contributed by atoms with E-state index in [9.17, 15) is 19.5 Å². The molecule has 0 aliphatic heterocycles. The number of hydrogen-bond donors (Lipinski definition) is 3. The maximum absolute atomic E-state index is 12.2. The molecule has 11 heteroatoms. The summed E-state index contributed by atoms with van der Waals surface area (Å²) in [6, 6.07) is 11.2. The van der Waals surface area contributed by atoms with Crippen LogP contribution >= 0.6 is 0 Å². The minimum Gasteiger partial charge on any atom is -0.493 e. The van der Waals surface area contributed by atoms with E-state index in [1.54, 1.807) is 42.6 Å². The van der Waals surface area contributed by atoms with Gasteiger partial charge in [-0.3, -0.25) is 9.59 Å². The molecule has 0 radical (unpaired) electrons. The number of ether oxygens (including phenoxy) is 2. The number of hydrogen-bond acceptors (Lipinski definition) is 7. The molecular formula is C22H21N5O6. The lowest BCUT2D eigenvalue weighted by Gasteiger charge is -2.10. The van der Waals surface area contributed by atoms with E-state index in [0.717, 1.165) is 0 Å². The largest absolute Gasteiger partial charge is 0.493 e. The van der Waals surface area contributed by atoms with Gasteiger partial charge >= 0.3 is 5.97 Å². The van der Waals surface area contributed by atoms with Gasteiger partial charge in [-0.1, -0.05) is 23.4 Å². The van der Waals surface area contributed by atoms with Crippen LogP contribution in [0.5, 0.6) is 11.5 Å². The lowest BCUT2D eigenvalue weighted by atomic mass is 10.1. The maximum atomic E-state index is 12.2. The molecular weight excluding hydrogens is 430 g/mol. The van der Waals surface area contributed by atoms with Gasteiger partial charge in [-0.05, 0) is 35.9 Å². The Morgan fingerprint density at radius 2 is 1.97 bits per heavy atom. The van der Waals surface area contributed by atoms with Crippen LogP contribution in [-0.2, 0) is 22.7 Å². The lowest BCUT2D eigenvalue weighted by molar-refractivity contribution is -0.118. The summed E-state index contributed by atoms with van der Waals surface area (Å²) in [5.74, 6) is -1.28. The zero-order valence-corrected chi connectivity index (χ0v) is 17.6. The summed E-state index contributed by atoms with van der Waals surface area (Å²) in [5, 5.41) is 19.4. The van der Waals surface area contributed by atoms with E-state index in [4.69, 9.17) is 15.2 Å². The first-order chi connectivity index (χ1) is 15.9. The Bertz CT molecular complexity index is 1200. The van der Waals surface area contributed by atoms with Gasteiger partial charge in [0.05, 0.1) is 24.6 Å². The van der Waals surface area contributed by atoms with Gasteiger partial charge in [0, 0.05) is 6.08 Å². The summed E-state index contributed by atoms with van der Waals surface area (Å²) >= 11 is 0. The molecule has 0 fully saturated rings. The van der Waals surface area contributed by atoms with Gasteiger partial charge in [0.1, 0.15) is 18.8 Å². The number of carbonyl (C=O) groups excluding carboxylic acids is 2. The van der Waals surface area contributed by atoms with Crippen LogP contribution in [0.4, 0.5) is 5.69 Å². The molecule has 0 saturated heterocycles. The number of methoxy groups -OCH3 is 1. The minimum atomic E-state index is -1.13. The first-order valence-electron chi connectivity index (χ1n) is 9.65. The van der Waals surface area contributed by atoms with E-state index < -0.39 is 17.8 Å². The van der Waals surface area contributed by atoms with Crippen molar-refractivity contribution in [1.29, 1.82) is 0 Å². The number of nitrogens with two attached hydrogens (primary N) is 1. The van der Waals surface area contributed by atoms with Crippen LogP contribution in [0.1, 0.15) is 21.6 Å². The lowest BCUT2D eigenvalue weighted by Crippen LogP contribution is -2.18. The summed E-state index contributed by atoms with van der Waals surface area (Å²) in [4.78, 5) is 34.4. The molecule has 0 saturated carbocycles. The molecule has 33 heavy (non-hydrogen) atoms. The molecule has 0 aliphatic rings. The fraction of sp³-hybridized carbons (Fsp3) is 0.136. The summed E-state index contributed by atoms with van der Waals surface area (Å²) in [6.07, 6.45) is 4.39. The van der Waals surface area contributed by atoms with Crippen LogP contribution in [0.3, 0.4) is 0 Å². The van der Waals surface area contributed by atoms with E-state index in [1.165, 1.54) is 30.0 Å². The van der Waals surface area contributed by atoms with Crippen LogP contribution in [0.25, 0.3) is 6.08 Å². The molecule has 2 amide bonds. The summed E-state index contributed by atoms with van der Waals surface area (Å²) in [7, 11) is 1.48. The van der Waals surface area contributed by atoms with Gasteiger partial charge in [-0.15, -0.1) is 5.10 Å². The Morgan fingerprint density at radius 3 is 2.70 bits per heavy atom. The number of carbonyl (C=O) groups is 3. The van der Waals surface area contributed by atoms with Crippen LogP contribution in [-0.4, -0.2) is 45.0 Å². The third-order valence-corrected chi connectivity index (χ3v) is 4.31. The van der Waals surface area contributed by atoms with Crippen molar-refractivity contribution in [1.82, 2.24) is 15.0 Å². The number of carboxylic acid groups (broad SMARTS) is 1. The third kappa shape index (κ3) is 6.40. The number of aromatic nitrogens is 3. The van der Waals surface area contributed by atoms with E-state index in [0.29, 0.717) is 22.8 Å². The van der Waals surface area contributed by atoms with Crippen molar-refractivity contribution < 1.29 is 29.0 Å². The maximum Gasteiger partial charge on any atom is 0.337 e. The quantitative estimate of drug-likeness (QED) is 0.393. The molecule has 11 nitrogen and oxygen atoms in total. The predicted molar refractivity (Wildman–Crippen MR) is 118 cm³/mol. The number of primary amides is 1. The van der Waals surface area contributed by atoms with Crippen LogP contribution < -0.4 is 20.5 Å². The summed E-state index contributed by atoms with van der Waals surface area (Å²) < 4.78 is 12.4. The topological polar surface area (TPSA) is 159 Å². The highest BCUT2D eigenvalue weighted by atomic mass is 16.5. The summed E-state index contributed by atoms with van der Waals surface area (Å²) in [6.45, 7) is 0.0164.